The zero-order valence-corrected chi connectivity index (χ0v) is 17.6. The summed E-state index contributed by atoms with van der Waals surface area (Å²) >= 11 is 0. The molecule has 0 aliphatic carbocycles. The molecular formula is C25H25N3O3. The molecule has 1 aliphatic heterocycles. The fourth-order valence-corrected chi connectivity index (χ4v) is 4.20. The highest BCUT2D eigenvalue weighted by atomic mass is 16.4. The number of aryl methyl sites for hydroxylation is 1. The van der Waals surface area contributed by atoms with Crippen molar-refractivity contribution in [1.82, 2.24) is 14.8 Å². The van der Waals surface area contributed by atoms with Crippen molar-refractivity contribution in [3.05, 3.63) is 78.1 Å². The summed E-state index contributed by atoms with van der Waals surface area (Å²) in [5.74, 6) is 1.87. The van der Waals surface area contributed by atoms with Crippen molar-refractivity contribution in [2.75, 3.05) is 26.2 Å². The van der Waals surface area contributed by atoms with E-state index in [1.54, 1.807) is 12.1 Å². The van der Waals surface area contributed by atoms with E-state index in [9.17, 15) is 4.79 Å². The van der Waals surface area contributed by atoms with Gasteiger partial charge in [-0.05, 0) is 42.3 Å². The van der Waals surface area contributed by atoms with Gasteiger partial charge in [0.2, 0.25) is 5.89 Å². The quantitative estimate of drug-likeness (QED) is 0.482. The Kier molecular flexibility index (Phi) is 5.30. The number of aromatic nitrogens is 1. The maximum Gasteiger partial charge on any atom is 0.289 e. The van der Waals surface area contributed by atoms with Gasteiger partial charge in [0.05, 0.1) is 12.0 Å². The van der Waals surface area contributed by atoms with Crippen molar-refractivity contribution in [2.45, 2.75) is 19.9 Å². The molecular weight excluding hydrogens is 390 g/mol. The molecule has 1 amide bonds. The number of hydrogen-bond donors (Lipinski definition) is 0. The van der Waals surface area contributed by atoms with Crippen LogP contribution in [0.4, 0.5) is 0 Å². The van der Waals surface area contributed by atoms with Crippen LogP contribution in [0.1, 0.15) is 28.4 Å². The molecule has 5 rings (SSSR count). The lowest BCUT2D eigenvalue weighted by Gasteiger charge is -2.20. The second-order valence-corrected chi connectivity index (χ2v) is 7.95. The molecule has 0 N–H and O–H groups in total. The average molecular weight is 415 g/mol. The van der Waals surface area contributed by atoms with E-state index < -0.39 is 0 Å². The van der Waals surface area contributed by atoms with Crippen molar-refractivity contribution in [1.29, 1.82) is 0 Å². The molecule has 2 aromatic carbocycles. The van der Waals surface area contributed by atoms with Gasteiger partial charge in [0.25, 0.3) is 5.91 Å². The second kappa shape index (κ2) is 8.40. The van der Waals surface area contributed by atoms with Crippen LogP contribution in [0.5, 0.6) is 0 Å². The molecule has 0 atom stereocenters. The summed E-state index contributed by atoms with van der Waals surface area (Å²) in [7, 11) is 0. The summed E-state index contributed by atoms with van der Waals surface area (Å²) in [5, 5.41) is 2.31. The van der Waals surface area contributed by atoms with E-state index in [1.165, 1.54) is 11.6 Å². The number of rotatable bonds is 4. The van der Waals surface area contributed by atoms with E-state index >= 15 is 0 Å². The number of hydrogen-bond acceptors (Lipinski definition) is 5. The minimum atomic E-state index is -0.0392. The van der Waals surface area contributed by atoms with Crippen molar-refractivity contribution in [2.24, 2.45) is 0 Å². The molecule has 1 aliphatic rings. The van der Waals surface area contributed by atoms with Crippen LogP contribution < -0.4 is 0 Å². The van der Waals surface area contributed by atoms with Gasteiger partial charge in [-0.1, -0.05) is 36.4 Å². The monoisotopic (exact) mass is 415 g/mol. The normalized spacial score (nSPS) is 15.3. The van der Waals surface area contributed by atoms with E-state index in [2.05, 4.69) is 29.2 Å². The lowest BCUT2D eigenvalue weighted by atomic mass is 10.0. The molecule has 1 fully saturated rings. The van der Waals surface area contributed by atoms with E-state index in [4.69, 9.17) is 13.8 Å². The van der Waals surface area contributed by atoms with Crippen LogP contribution in [-0.2, 0) is 6.54 Å². The summed E-state index contributed by atoms with van der Waals surface area (Å²) in [6, 6.07) is 17.9. The summed E-state index contributed by atoms with van der Waals surface area (Å²) in [6.07, 6.45) is 2.46. The van der Waals surface area contributed by atoms with E-state index in [0.717, 1.165) is 48.5 Å². The molecule has 0 spiro atoms. The summed E-state index contributed by atoms with van der Waals surface area (Å²) in [5.41, 5.74) is 1.97. The van der Waals surface area contributed by atoms with Gasteiger partial charge in [-0.25, -0.2) is 4.98 Å². The lowest BCUT2D eigenvalue weighted by molar-refractivity contribution is 0.0729. The van der Waals surface area contributed by atoms with E-state index in [1.807, 2.05) is 30.0 Å². The SMILES string of the molecule is Cc1oc(-c2cccc3ccccc23)nc1CN1CCCN(C(=O)c2ccco2)CC1. The van der Waals surface area contributed by atoms with Gasteiger partial charge in [0.15, 0.2) is 5.76 Å². The van der Waals surface area contributed by atoms with Crippen molar-refractivity contribution >= 4 is 16.7 Å². The number of carbonyl (C=O) groups is 1. The average Bonchev–Trinajstić information content (AvgIpc) is 3.39. The van der Waals surface area contributed by atoms with Crippen LogP contribution in [0, 0.1) is 6.92 Å². The zero-order chi connectivity index (χ0) is 21.2. The molecule has 2 aromatic heterocycles. The molecule has 31 heavy (non-hydrogen) atoms. The number of amides is 1. The van der Waals surface area contributed by atoms with Crippen LogP contribution in [0.2, 0.25) is 0 Å². The van der Waals surface area contributed by atoms with Crippen molar-refractivity contribution in [3.8, 4) is 11.5 Å². The Morgan fingerprint density at radius 2 is 1.87 bits per heavy atom. The van der Waals surface area contributed by atoms with Gasteiger partial charge in [0.1, 0.15) is 5.76 Å². The molecule has 0 bridgehead atoms. The molecule has 3 heterocycles. The highest BCUT2D eigenvalue weighted by molar-refractivity contribution is 5.94. The van der Waals surface area contributed by atoms with Crippen molar-refractivity contribution < 1.29 is 13.6 Å². The predicted octanol–water partition coefficient (Wildman–Crippen LogP) is 4.74. The first kappa shape index (κ1) is 19.6. The van der Waals surface area contributed by atoms with Gasteiger partial charge in [-0.2, -0.15) is 0 Å². The first-order chi connectivity index (χ1) is 15.2. The topological polar surface area (TPSA) is 62.7 Å². The first-order valence-electron chi connectivity index (χ1n) is 10.7. The summed E-state index contributed by atoms with van der Waals surface area (Å²) < 4.78 is 11.4. The number of fused-ring (bicyclic) bond motifs is 1. The Hall–Kier alpha value is -3.38. The smallest absolute Gasteiger partial charge is 0.289 e. The molecule has 1 saturated heterocycles. The molecule has 0 unspecified atom stereocenters. The first-order valence-corrected chi connectivity index (χ1v) is 10.7. The van der Waals surface area contributed by atoms with Gasteiger partial charge >= 0.3 is 0 Å². The number of furan rings is 1. The minimum absolute atomic E-state index is 0.0392. The molecule has 6 nitrogen and oxygen atoms in total. The van der Waals surface area contributed by atoms with Gasteiger partial charge < -0.3 is 13.7 Å². The largest absolute Gasteiger partial charge is 0.459 e. The third kappa shape index (κ3) is 3.99. The summed E-state index contributed by atoms with van der Waals surface area (Å²) in [4.78, 5) is 21.6. The second-order valence-electron chi connectivity index (χ2n) is 7.95. The molecule has 4 aromatic rings. The lowest BCUT2D eigenvalue weighted by Crippen LogP contribution is -2.35. The Bertz CT molecular complexity index is 1190. The number of benzene rings is 2. The van der Waals surface area contributed by atoms with E-state index in [0.29, 0.717) is 24.7 Å². The summed E-state index contributed by atoms with van der Waals surface area (Å²) in [6.45, 7) is 5.80. The fourth-order valence-electron chi connectivity index (χ4n) is 4.20. The standard InChI is InChI=1S/C25H25N3O3/c1-18-22(26-24(31-18)21-10-4-8-19-7-2-3-9-20(19)21)17-27-12-6-13-28(15-14-27)25(29)23-11-5-16-30-23/h2-5,7-11,16H,6,12-15,17H2,1H3. The van der Waals surface area contributed by atoms with Crippen molar-refractivity contribution in [3.63, 3.8) is 0 Å². The highest BCUT2D eigenvalue weighted by Crippen LogP contribution is 2.29. The molecule has 158 valence electrons. The number of carbonyl (C=O) groups excluding carboxylic acids is 1. The highest BCUT2D eigenvalue weighted by Gasteiger charge is 2.23. The van der Waals surface area contributed by atoms with Crippen LogP contribution >= 0.6 is 0 Å². The van der Waals surface area contributed by atoms with Crippen LogP contribution in [0.3, 0.4) is 0 Å². The van der Waals surface area contributed by atoms with Crippen LogP contribution in [0.15, 0.2) is 69.7 Å². The predicted molar refractivity (Wildman–Crippen MR) is 119 cm³/mol. The Morgan fingerprint density at radius 3 is 2.74 bits per heavy atom. The van der Waals surface area contributed by atoms with E-state index in [-0.39, 0.29) is 5.91 Å². The van der Waals surface area contributed by atoms with Crippen LogP contribution in [-0.4, -0.2) is 46.9 Å². The zero-order valence-electron chi connectivity index (χ0n) is 17.6. The molecule has 6 heteroatoms. The molecule has 0 saturated carbocycles. The Balaban J connectivity index is 1.31. The third-order valence-electron chi connectivity index (χ3n) is 5.89. The maximum absolute atomic E-state index is 12.6. The Morgan fingerprint density at radius 1 is 1.00 bits per heavy atom. The minimum Gasteiger partial charge on any atom is -0.459 e. The van der Waals surface area contributed by atoms with Gasteiger partial charge in [-0.3, -0.25) is 9.69 Å². The number of nitrogens with zero attached hydrogens (tertiary/aromatic N) is 3. The fraction of sp³-hybridized carbons (Fsp3) is 0.280. The molecule has 0 radical (unpaired) electrons. The van der Waals surface area contributed by atoms with Crippen LogP contribution in [0.25, 0.3) is 22.2 Å². The third-order valence-corrected chi connectivity index (χ3v) is 5.89. The number of oxazole rings is 1. The van der Waals surface area contributed by atoms with Gasteiger partial charge in [0, 0.05) is 38.3 Å². The van der Waals surface area contributed by atoms with Gasteiger partial charge in [-0.15, -0.1) is 0 Å². The maximum atomic E-state index is 12.6. The Labute approximate surface area is 181 Å².